The van der Waals surface area contributed by atoms with Crippen LogP contribution in [0.2, 0.25) is 0 Å². The van der Waals surface area contributed by atoms with Gasteiger partial charge in [0.25, 0.3) is 10.0 Å². The molecule has 3 heterocycles. The average molecular weight is 492 g/mol. The van der Waals surface area contributed by atoms with Gasteiger partial charge in [-0.25, -0.2) is 22.4 Å². The molecule has 0 aliphatic heterocycles. The summed E-state index contributed by atoms with van der Waals surface area (Å²) in [7, 11) is -5.11. The van der Waals surface area contributed by atoms with Crippen molar-refractivity contribution < 1.29 is 12.6 Å². The zero-order valence-corrected chi connectivity index (χ0v) is 20.4. The first kappa shape index (κ1) is 22.7. The number of pyridine rings is 2. The molecule has 1 aliphatic rings. The van der Waals surface area contributed by atoms with Crippen LogP contribution in [0.3, 0.4) is 0 Å². The molecule has 1 unspecified atom stereocenters. The predicted octanol–water partition coefficient (Wildman–Crippen LogP) is 5.03. The highest BCUT2D eigenvalue weighted by molar-refractivity contribution is 7.90. The fourth-order valence-electron chi connectivity index (χ4n) is 4.54. The monoisotopic (exact) mass is 491 g/mol. The molecule has 0 N–H and O–H groups in total. The van der Waals surface area contributed by atoms with Gasteiger partial charge in [0.1, 0.15) is 5.03 Å². The van der Waals surface area contributed by atoms with Crippen LogP contribution in [0.5, 0.6) is 0 Å². The molecule has 0 spiro atoms. The van der Waals surface area contributed by atoms with Gasteiger partial charge in [0.05, 0.1) is 21.4 Å². The van der Waals surface area contributed by atoms with Gasteiger partial charge in [0.15, 0.2) is 5.65 Å². The summed E-state index contributed by atoms with van der Waals surface area (Å²) in [6.07, 6.45) is 11.5. The van der Waals surface area contributed by atoms with Crippen LogP contribution in [-0.2, 0) is 20.8 Å². The summed E-state index contributed by atoms with van der Waals surface area (Å²) < 4.78 is 41.0. The van der Waals surface area contributed by atoms with Crippen molar-refractivity contribution in [1.82, 2.24) is 13.9 Å². The van der Waals surface area contributed by atoms with E-state index in [1.54, 1.807) is 61.1 Å². The van der Waals surface area contributed by atoms with E-state index in [4.69, 9.17) is 0 Å². The Hall–Kier alpha value is -3.10. The van der Waals surface area contributed by atoms with Crippen LogP contribution in [0.4, 0.5) is 0 Å². The summed E-state index contributed by atoms with van der Waals surface area (Å²) in [6, 6.07) is 17.6. The molecule has 0 bridgehead atoms. The van der Waals surface area contributed by atoms with E-state index in [2.05, 4.69) is 16.0 Å². The molecule has 1 fully saturated rings. The molecule has 0 radical (unpaired) electrons. The second-order valence-corrected chi connectivity index (χ2v) is 11.6. The molecule has 1 atom stereocenters. The van der Waals surface area contributed by atoms with Crippen LogP contribution < -0.4 is 0 Å². The Morgan fingerprint density at radius 3 is 2.47 bits per heavy atom. The first-order valence-corrected chi connectivity index (χ1v) is 14.2. The Labute approximate surface area is 201 Å². The first-order valence-electron chi connectivity index (χ1n) is 11.2. The topological polar surface area (TPSA) is 81.9 Å². The van der Waals surface area contributed by atoms with Crippen LogP contribution in [0.15, 0.2) is 89.1 Å². The Kier molecular flexibility index (Phi) is 6.18. The molecule has 8 heteroatoms. The lowest BCUT2D eigenvalue weighted by Gasteiger charge is -2.16. The Bertz CT molecular complexity index is 1490. The lowest BCUT2D eigenvalue weighted by Crippen LogP contribution is -2.16. The fourth-order valence-corrected chi connectivity index (χ4v) is 6.50. The maximum absolute atomic E-state index is 13.9. The number of hydrogen-bond acceptors (Lipinski definition) is 5. The van der Waals surface area contributed by atoms with E-state index in [0.717, 1.165) is 42.2 Å². The zero-order chi connectivity index (χ0) is 23.7. The summed E-state index contributed by atoms with van der Waals surface area (Å²) in [5, 5.41) is 1.23. The normalized spacial score (nSPS) is 16.2. The average Bonchev–Trinajstić information content (AvgIpc) is 3.51. The van der Waals surface area contributed by atoms with Crippen molar-refractivity contribution in [3.8, 4) is 0 Å². The van der Waals surface area contributed by atoms with Crippen molar-refractivity contribution in [2.24, 2.45) is 5.92 Å². The molecule has 0 amide bonds. The van der Waals surface area contributed by atoms with Crippen molar-refractivity contribution in [2.75, 3.05) is 6.26 Å². The summed E-state index contributed by atoms with van der Waals surface area (Å²) in [4.78, 5) is 9.03. The van der Waals surface area contributed by atoms with Gasteiger partial charge in [-0.3, -0.25) is 4.21 Å². The van der Waals surface area contributed by atoms with Gasteiger partial charge >= 0.3 is 0 Å². The minimum atomic E-state index is -3.92. The predicted molar refractivity (Wildman–Crippen MR) is 134 cm³/mol. The Balaban J connectivity index is 1.77. The smallest absolute Gasteiger partial charge is 0.253 e. The summed E-state index contributed by atoms with van der Waals surface area (Å²) in [5.74, 6) is 0.355. The fraction of sp³-hybridized carbons (Fsp3) is 0.231. The molecule has 1 saturated carbocycles. The van der Waals surface area contributed by atoms with Crippen LogP contribution >= 0.6 is 0 Å². The quantitative estimate of drug-likeness (QED) is 0.378. The number of nitrogens with zero attached hydrogens (tertiary/aromatic N) is 3. The minimum absolute atomic E-state index is 0.203. The number of hydrogen-bond donors (Lipinski definition) is 0. The number of rotatable bonds is 6. The number of allylic oxidation sites excluding steroid dienone is 1. The highest BCUT2D eigenvalue weighted by Crippen LogP contribution is 2.36. The van der Waals surface area contributed by atoms with Crippen molar-refractivity contribution in [3.05, 3.63) is 90.4 Å². The maximum Gasteiger partial charge on any atom is 0.269 e. The SMILES string of the molecule is CS(=O)c1ccc(/C(=C\C2CCCC2)c2cc3cccnc3n2S(=O)(=O)c2ccccc2)cn1. The summed E-state index contributed by atoms with van der Waals surface area (Å²) in [6.45, 7) is 0. The van der Waals surface area contributed by atoms with Gasteiger partial charge in [0.2, 0.25) is 0 Å². The maximum atomic E-state index is 13.9. The van der Waals surface area contributed by atoms with E-state index in [9.17, 15) is 12.6 Å². The minimum Gasteiger partial charge on any atom is -0.253 e. The number of benzene rings is 1. The van der Waals surface area contributed by atoms with E-state index >= 15 is 0 Å². The van der Waals surface area contributed by atoms with E-state index < -0.39 is 20.8 Å². The van der Waals surface area contributed by atoms with Crippen LogP contribution in [-0.4, -0.2) is 32.8 Å². The molecule has 5 rings (SSSR count). The Morgan fingerprint density at radius 1 is 1.03 bits per heavy atom. The van der Waals surface area contributed by atoms with E-state index in [1.165, 1.54) is 3.97 Å². The lowest BCUT2D eigenvalue weighted by atomic mass is 9.97. The third-order valence-corrected chi connectivity index (χ3v) is 8.77. The van der Waals surface area contributed by atoms with E-state index in [1.807, 2.05) is 18.2 Å². The van der Waals surface area contributed by atoms with Crippen LogP contribution in [0.1, 0.15) is 36.9 Å². The molecule has 6 nitrogen and oxygen atoms in total. The molecule has 0 saturated heterocycles. The molecular formula is C26H25N3O3S2. The molecular weight excluding hydrogens is 466 g/mol. The summed E-state index contributed by atoms with van der Waals surface area (Å²) in [5.41, 5.74) is 2.52. The van der Waals surface area contributed by atoms with Crippen molar-refractivity contribution in [1.29, 1.82) is 0 Å². The summed E-state index contributed by atoms with van der Waals surface area (Å²) >= 11 is 0. The second-order valence-electron chi connectivity index (χ2n) is 8.49. The highest BCUT2D eigenvalue weighted by atomic mass is 32.2. The third-order valence-electron chi connectivity index (χ3n) is 6.22. The largest absolute Gasteiger partial charge is 0.269 e. The molecule has 174 valence electrons. The molecule has 34 heavy (non-hydrogen) atoms. The zero-order valence-electron chi connectivity index (χ0n) is 18.8. The second kappa shape index (κ2) is 9.27. The van der Waals surface area contributed by atoms with E-state index in [0.29, 0.717) is 22.3 Å². The molecule has 3 aromatic heterocycles. The molecule has 1 aromatic carbocycles. The van der Waals surface area contributed by atoms with Crippen LogP contribution in [0.25, 0.3) is 16.6 Å². The van der Waals surface area contributed by atoms with Crippen molar-refractivity contribution in [3.63, 3.8) is 0 Å². The molecule has 1 aliphatic carbocycles. The van der Waals surface area contributed by atoms with Gasteiger partial charge in [-0.05, 0) is 61.2 Å². The van der Waals surface area contributed by atoms with Crippen LogP contribution in [0, 0.1) is 5.92 Å². The first-order chi connectivity index (χ1) is 16.4. The standard InChI is InChI=1S/C26H25N3O3S2/c1-33(30)25-14-13-21(18-28-25)23(16-19-8-5-6-9-19)24-17-20-10-7-15-27-26(20)29(24)34(31,32)22-11-3-2-4-12-22/h2-4,7,10-19H,5-6,8-9H2,1H3/b23-16+. The van der Waals surface area contributed by atoms with E-state index in [-0.39, 0.29) is 4.90 Å². The number of fused-ring (bicyclic) bond motifs is 1. The van der Waals surface area contributed by atoms with Gasteiger partial charge in [-0.2, -0.15) is 0 Å². The van der Waals surface area contributed by atoms with Crippen molar-refractivity contribution >= 4 is 37.4 Å². The lowest BCUT2D eigenvalue weighted by molar-refractivity contribution is 0.588. The van der Waals surface area contributed by atoms with Crippen molar-refractivity contribution in [2.45, 2.75) is 35.6 Å². The van der Waals surface area contributed by atoms with Gasteiger partial charge < -0.3 is 0 Å². The highest BCUT2D eigenvalue weighted by Gasteiger charge is 2.27. The Morgan fingerprint density at radius 2 is 1.79 bits per heavy atom. The van der Waals surface area contributed by atoms with Gasteiger partial charge in [-0.1, -0.05) is 37.1 Å². The van der Waals surface area contributed by atoms with Gasteiger partial charge in [0, 0.05) is 35.2 Å². The molecule has 4 aromatic rings. The number of aromatic nitrogens is 3. The van der Waals surface area contributed by atoms with Gasteiger partial charge in [-0.15, -0.1) is 0 Å². The third kappa shape index (κ3) is 4.23.